The summed E-state index contributed by atoms with van der Waals surface area (Å²) in [6, 6.07) is 8.81. The number of methoxy groups -OCH3 is 1. The van der Waals surface area contributed by atoms with Crippen molar-refractivity contribution in [3.8, 4) is 0 Å². The molecule has 1 saturated heterocycles. The Morgan fingerprint density at radius 3 is 2.36 bits per heavy atom. The molecule has 0 radical (unpaired) electrons. The predicted octanol–water partition coefficient (Wildman–Crippen LogP) is 2.36. The Kier molecular flexibility index (Phi) is 6.25. The molecule has 2 rings (SSSR count). The molecule has 1 aromatic rings. The largest absolute Gasteiger partial charge is 0.467 e. The van der Waals surface area contributed by atoms with Crippen LogP contribution < -0.4 is 5.32 Å². The Balaban J connectivity index is 1.99. The van der Waals surface area contributed by atoms with E-state index >= 15 is 0 Å². The molecule has 1 fully saturated rings. The summed E-state index contributed by atoms with van der Waals surface area (Å²) in [5.74, 6) is -0.410. The molecule has 1 heterocycles. The topological polar surface area (TPSA) is 58.6 Å². The second-order valence-corrected chi connectivity index (χ2v) is 5.62. The Morgan fingerprint density at radius 2 is 1.77 bits per heavy atom. The molecule has 0 saturated carbocycles. The summed E-state index contributed by atoms with van der Waals surface area (Å²) in [6.45, 7) is 1.51. The molecule has 5 heteroatoms. The first-order chi connectivity index (χ1) is 10.7. The van der Waals surface area contributed by atoms with Gasteiger partial charge in [-0.3, -0.25) is 0 Å². The number of nitrogens with one attached hydrogen (secondary N) is 1. The quantitative estimate of drug-likeness (QED) is 0.869. The summed E-state index contributed by atoms with van der Waals surface area (Å²) >= 11 is 0. The van der Waals surface area contributed by atoms with Crippen molar-refractivity contribution in [2.45, 2.75) is 38.1 Å². The second-order valence-electron chi connectivity index (χ2n) is 5.62. The van der Waals surface area contributed by atoms with Crippen LogP contribution in [0.25, 0.3) is 0 Å². The number of rotatable bonds is 4. The monoisotopic (exact) mass is 304 g/mol. The summed E-state index contributed by atoms with van der Waals surface area (Å²) < 4.78 is 4.83. The van der Waals surface area contributed by atoms with Gasteiger partial charge in [0.1, 0.15) is 6.04 Å². The van der Waals surface area contributed by atoms with Crippen LogP contribution in [0.4, 0.5) is 4.79 Å². The molecule has 2 amide bonds. The average Bonchev–Trinajstić information content (AvgIpc) is 2.83. The Bertz CT molecular complexity index is 482. The van der Waals surface area contributed by atoms with Gasteiger partial charge in [0, 0.05) is 19.5 Å². The van der Waals surface area contributed by atoms with Crippen LogP contribution in [-0.2, 0) is 16.0 Å². The molecule has 22 heavy (non-hydrogen) atoms. The van der Waals surface area contributed by atoms with Gasteiger partial charge in [-0.1, -0.05) is 43.2 Å². The number of amides is 2. The lowest BCUT2D eigenvalue weighted by atomic mass is 10.1. The molecule has 0 bridgehead atoms. The fourth-order valence-electron chi connectivity index (χ4n) is 2.70. The van der Waals surface area contributed by atoms with Crippen LogP contribution in [0.2, 0.25) is 0 Å². The summed E-state index contributed by atoms with van der Waals surface area (Å²) in [5, 5.41) is 2.83. The minimum Gasteiger partial charge on any atom is -0.467 e. The van der Waals surface area contributed by atoms with Gasteiger partial charge >= 0.3 is 12.0 Å². The molecule has 1 aliphatic rings. The minimum absolute atomic E-state index is 0.173. The molecule has 1 N–H and O–H groups in total. The fourth-order valence-corrected chi connectivity index (χ4v) is 2.70. The van der Waals surface area contributed by atoms with E-state index in [1.807, 2.05) is 30.3 Å². The number of nitrogens with zero attached hydrogens (tertiary/aromatic N) is 1. The van der Waals surface area contributed by atoms with Crippen LogP contribution in [0.5, 0.6) is 0 Å². The molecule has 120 valence electrons. The second kappa shape index (κ2) is 8.41. The van der Waals surface area contributed by atoms with Gasteiger partial charge in [0.15, 0.2) is 0 Å². The van der Waals surface area contributed by atoms with Crippen LogP contribution in [0, 0.1) is 0 Å². The third-order valence-corrected chi connectivity index (χ3v) is 3.96. The molecular formula is C17H24N2O3. The number of carbonyl (C=O) groups excluding carboxylic acids is 2. The highest BCUT2D eigenvalue weighted by atomic mass is 16.5. The molecule has 0 aliphatic carbocycles. The number of hydrogen-bond donors (Lipinski definition) is 1. The zero-order valence-electron chi connectivity index (χ0n) is 13.1. The van der Waals surface area contributed by atoms with E-state index < -0.39 is 12.0 Å². The van der Waals surface area contributed by atoms with Gasteiger partial charge in [0.25, 0.3) is 0 Å². The number of carbonyl (C=O) groups is 2. The predicted molar refractivity (Wildman–Crippen MR) is 84.5 cm³/mol. The van der Waals surface area contributed by atoms with Gasteiger partial charge in [-0.25, -0.2) is 9.59 Å². The zero-order valence-corrected chi connectivity index (χ0v) is 13.1. The van der Waals surface area contributed by atoms with E-state index in [0.29, 0.717) is 6.42 Å². The van der Waals surface area contributed by atoms with Crippen molar-refractivity contribution in [3.05, 3.63) is 35.9 Å². The molecule has 0 unspecified atom stereocenters. The van der Waals surface area contributed by atoms with E-state index in [2.05, 4.69) is 5.32 Å². The van der Waals surface area contributed by atoms with Gasteiger partial charge in [-0.05, 0) is 18.4 Å². The lowest BCUT2D eigenvalue weighted by Crippen LogP contribution is -2.49. The van der Waals surface area contributed by atoms with E-state index in [0.717, 1.165) is 44.3 Å². The van der Waals surface area contributed by atoms with Gasteiger partial charge in [0.2, 0.25) is 0 Å². The zero-order chi connectivity index (χ0) is 15.8. The van der Waals surface area contributed by atoms with Crippen LogP contribution in [0.1, 0.15) is 31.2 Å². The van der Waals surface area contributed by atoms with Crippen molar-refractivity contribution in [1.29, 1.82) is 0 Å². The Labute approximate surface area is 131 Å². The number of hydrogen-bond acceptors (Lipinski definition) is 3. The van der Waals surface area contributed by atoms with Crippen molar-refractivity contribution in [3.63, 3.8) is 0 Å². The Hall–Kier alpha value is -2.04. The number of esters is 1. The third-order valence-electron chi connectivity index (χ3n) is 3.96. The molecule has 1 aliphatic heterocycles. The van der Waals surface area contributed by atoms with Crippen molar-refractivity contribution in [1.82, 2.24) is 10.2 Å². The van der Waals surface area contributed by atoms with E-state index in [-0.39, 0.29) is 6.03 Å². The first-order valence-corrected chi connectivity index (χ1v) is 7.88. The average molecular weight is 304 g/mol. The molecular weight excluding hydrogens is 280 g/mol. The van der Waals surface area contributed by atoms with E-state index in [1.54, 1.807) is 4.90 Å². The van der Waals surface area contributed by atoms with Gasteiger partial charge < -0.3 is 15.0 Å². The van der Waals surface area contributed by atoms with Crippen molar-refractivity contribution in [2.75, 3.05) is 20.2 Å². The lowest BCUT2D eigenvalue weighted by Gasteiger charge is -2.24. The third kappa shape index (κ3) is 4.76. The number of likely N-dealkylation sites (tertiary alicyclic amines) is 1. The maximum Gasteiger partial charge on any atom is 0.328 e. The Morgan fingerprint density at radius 1 is 1.14 bits per heavy atom. The first-order valence-electron chi connectivity index (χ1n) is 7.88. The lowest BCUT2D eigenvalue weighted by molar-refractivity contribution is -0.142. The minimum atomic E-state index is -0.650. The van der Waals surface area contributed by atoms with Crippen LogP contribution in [0.3, 0.4) is 0 Å². The van der Waals surface area contributed by atoms with Gasteiger partial charge in [-0.15, -0.1) is 0 Å². The summed E-state index contributed by atoms with van der Waals surface area (Å²) in [5.41, 5.74) is 0.995. The first kappa shape index (κ1) is 16.3. The molecule has 0 aromatic heterocycles. The van der Waals surface area contributed by atoms with Crippen LogP contribution >= 0.6 is 0 Å². The van der Waals surface area contributed by atoms with Crippen molar-refractivity contribution < 1.29 is 14.3 Å². The van der Waals surface area contributed by atoms with Gasteiger partial charge in [0.05, 0.1) is 7.11 Å². The number of urea groups is 1. The number of ether oxygens (including phenoxy) is 1. The maximum absolute atomic E-state index is 12.4. The molecule has 0 spiro atoms. The van der Waals surface area contributed by atoms with E-state index in [1.165, 1.54) is 7.11 Å². The van der Waals surface area contributed by atoms with Crippen LogP contribution in [-0.4, -0.2) is 43.1 Å². The highest BCUT2D eigenvalue weighted by molar-refractivity contribution is 5.83. The van der Waals surface area contributed by atoms with Gasteiger partial charge in [-0.2, -0.15) is 0 Å². The highest BCUT2D eigenvalue weighted by Gasteiger charge is 2.25. The summed E-state index contributed by atoms with van der Waals surface area (Å²) in [6.07, 6.45) is 4.81. The maximum atomic E-state index is 12.4. The summed E-state index contributed by atoms with van der Waals surface area (Å²) in [7, 11) is 1.35. The smallest absolute Gasteiger partial charge is 0.328 e. The van der Waals surface area contributed by atoms with Crippen LogP contribution in [0.15, 0.2) is 30.3 Å². The van der Waals surface area contributed by atoms with Crippen molar-refractivity contribution >= 4 is 12.0 Å². The fraction of sp³-hybridized carbons (Fsp3) is 0.529. The summed E-state index contributed by atoms with van der Waals surface area (Å²) in [4.78, 5) is 26.1. The SMILES string of the molecule is COC(=O)[C@@H](Cc1ccccc1)NC(=O)N1CCCCCC1. The standard InChI is InChI=1S/C17H24N2O3/c1-22-16(20)15(13-14-9-5-4-6-10-14)18-17(21)19-11-7-2-3-8-12-19/h4-6,9-10,15H,2-3,7-8,11-13H2,1H3,(H,18,21)/t15-/m1/s1. The molecule has 1 aromatic carbocycles. The van der Waals surface area contributed by atoms with E-state index in [4.69, 9.17) is 4.74 Å². The van der Waals surface area contributed by atoms with E-state index in [9.17, 15) is 9.59 Å². The normalized spacial score (nSPS) is 16.5. The number of benzene rings is 1. The highest BCUT2D eigenvalue weighted by Crippen LogP contribution is 2.11. The molecule has 1 atom stereocenters. The molecule has 5 nitrogen and oxygen atoms in total. The van der Waals surface area contributed by atoms with Crippen molar-refractivity contribution in [2.24, 2.45) is 0 Å².